The molecule has 0 aliphatic carbocycles. The van der Waals surface area contributed by atoms with Crippen molar-refractivity contribution in [2.24, 2.45) is 0 Å². The van der Waals surface area contributed by atoms with Crippen molar-refractivity contribution in [3.63, 3.8) is 0 Å². The summed E-state index contributed by atoms with van der Waals surface area (Å²) in [6, 6.07) is 5.72. The monoisotopic (exact) mass is 306 g/mol. The van der Waals surface area contributed by atoms with Gasteiger partial charge in [-0.25, -0.2) is 4.39 Å². The van der Waals surface area contributed by atoms with Gasteiger partial charge in [-0.1, -0.05) is 0 Å². The molecule has 0 aromatic heterocycles. The van der Waals surface area contributed by atoms with Crippen molar-refractivity contribution < 1.29 is 13.9 Å². The van der Waals surface area contributed by atoms with Crippen LogP contribution in [0.1, 0.15) is 16.8 Å². The molecule has 0 bridgehead atoms. The third kappa shape index (κ3) is 4.93. The van der Waals surface area contributed by atoms with Gasteiger partial charge in [0.15, 0.2) is 5.78 Å². The maximum Gasteiger partial charge on any atom is 0.190 e. The Balaban J connectivity index is 2.05. The minimum atomic E-state index is -0.331. The number of morpholine rings is 1. The zero-order chi connectivity index (χ0) is 15.9. The van der Waals surface area contributed by atoms with Crippen molar-refractivity contribution in [1.82, 2.24) is 9.80 Å². The molecule has 0 atom stereocenters. The molecule has 22 heavy (non-hydrogen) atoms. The highest BCUT2D eigenvalue weighted by atomic mass is 19.1. The lowest BCUT2D eigenvalue weighted by molar-refractivity contribution is 0.0383. The molecule has 1 aliphatic rings. The summed E-state index contributed by atoms with van der Waals surface area (Å²) in [7, 11) is 3.79. The fourth-order valence-electron chi connectivity index (χ4n) is 2.44. The summed E-state index contributed by atoms with van der Waals surface area (Å²) < 4.78 is 18.3. The number of benzene rings is 1. The number of halogens is 1. The first-order valence-corrected chi connectivity index (χ1v) is 7.54. The Morgan fingerprint density at radius 2 is 1.91 bits per heavy atom. The Morgan fingerprint density at radius 3 is 2.50 bits per heavy atom. The van der Waals surface area contributed by atoms with E-state index in [0.717, 1.165) is 38.4 Å². The number of hydrogen-bond acceptors (Lipinski definition) is 4. The van der Waals surface area contributed by atoms with E-state index in [1.54, 1.807) is 0 Å². The molecule has 120 valence electrons. The maximum atomic E-state index is 13.0. The van der Waals surface area contributed by atoms with E-state index in [-0.39, 0.29) is 11.6 Å². The van der Waals surface area contributed by atoms with Crippen molar-refractivity contribution in [3.05, 3.63) is 47.4 Å². The number of hydrogen-bond donors (Lipinski definition) is 0. The first kappa shape index (κ1) is 16.6. The lowest BCUT2D eigenvalue weighted by Crippen LogP contribution is -2.37. The Bertz CT molecular complexity index is 520. The second-order valence-corrected chi connectivity index (χ2v) is 5.66. The molecule has 1 aliphatic heterocycles. The van der Waals surface area contributed by atoms with E-state index in [2.05, 4.69) is 4.90 Å². The van der Waals surface area contributed by atoms with Crippen LogP contribution in [-0.2, 0) is 4.74 Å². The topological polar surface area (TPSA) is 32.8 Å². The third-order valence-corrected chi connectivity index (χ3v) is 3.61. The molecule has 5 heteroatoms. The van der Waals surface area contributed by atoms with E-state index in [1.165, 1.54) is 24.3 Å². The fraction of sp³-hybridized carbons (Fsp3) is 0.471. The van der Waals surface area contributed by atoms with Gasteiger partial charge in [0.1, 0.15) is 5.82 Å². The average Bonchev–Trinajstić information content (AvgIpc) is 2.52. The van der Waals surface area contributed by atoms with Crippen molar-refractivity contribution >= 4 is 5.78 Å². The van der Waals surface area contributed by atoms with E-state index in [0.29, 0.717) is 12.0 Å². The normalized spacial score (nSPS) is 16.6. The summed E-state index contributed by atoms with van der Waals surface area (Å²) >= 11 is 0. The van der Waals surface area contributed by atoms with Crippen molar-refractivity contribution in [1.29, 1.82) is 0 Å². The van der Waals surface area contributed by atoms with Crippen LogP contribution in [-0.4, -0.2) is 62.5 Å². The second-order valence-electron chi connectivity index (χ2n) is 5.66. The molecule has 1 saturated heterocycles. The standard InChI is InChI=1S/C17H23FN2O2/c1-19(2)13-15(7-8-20-9-11-22-12-10-20)17(21)14-3-5-16(18)6-4-14/h3-6,13H,7-12H2,1-2H3/b15-13+. The number of carbonyl (C=O) groups excluding carboxylic acids is 1. The molecular formula is C17H23FN2O2. The number of Topliss-reactive ketones (excluding diaryl/α,β-unsaturated/α-hetero) is 1. The van der Waals surface area contributed by atoms with Crippen LogP contribution in [0.2, 0.25) is 0 Å². The van der Waals surface area contributed by atoms with E-state index in [4.69, 9.17) is 4.74 Å². The molecule has 0 radical (unpaired) electrons. The summed E-state index contributed by atoms with van der Waals surface area (Å²) in [6.07, 6.45) is 2.53. The first-order chi connectivity index (χ1) is 10.6. The number of ether oxygens (including phenoxy) is 1. The van der Waals surface area contributed by atoms with Crippen LogP contribution in [0.5, 0.6) is 0 Å². The van der Waals surface area contributed by atoms with Gasteiger partial charge in [0.05, 0.1) is 13.2 Å². The van der Waals surface area contributed by atoms with Crippen molar-refractivity contribution in [2.75, 3.05) is 46.9 Å². The quantitative estimate of drug-likeness (QED) is 0.596. The van der Waals surface area contributed by atoms with Crippen LogP contribution in [0.15, 0.2) is 36.0 Å². The zero-order valence-electron chi connectivity index (χ0n) is 13.2. The van der Waals surface area contributed by atoms with E-state index in [1.807, 2.05) is 25.2 Å². The smallest absolute Gasteiger partial charge is 0.190 e. The molecule has 2 rings (SSSR count). The average molecular weight is 306 g/mol. The predicted molar refractivity (Wildman–Crippen MR) is 84.4 cm³/mol. The highest BCUT2D eigenvalue weighted by molar-refractivity contribution is 6.08. The zero-order valence-corrected chi connectivity index (χ0v) is 13.2. The minimum Gasteiger partial charge on any atom is -0.383 e. The number of carbonyl (C=O) groups is 1. The Labute approximate surface area is 131 Å². The molecule has 1 aromatic carbocycles. The molecule has 1 fully saturated rings. The Kier molecular flexibility index (Phi) is 6.10. The van der Waals surface area contributed by atoms with Crippen LogP contribution in [0.4, 0.5) is 4.39 Å². The SMILES string of the molecule is CN(C)/C=C(\CCN1CCOCC1)C(=O)c1ccc(F)cc1. The van der Waals surface area contributed by atoms with Gasteiger partial charge in [-0.05, 0) is 30.7 Å². The fourth-order valence-corrected chi connectivity index (χ4v) is 2.44. The molecule has 4 nitrogen and oxygen atoms in total. The highest BCUT2D eigenvalue weighted by Crippen LogP contribution is 2.14. The second kappa shape index (κ2) is 8.06. The molecule has 0 N–H and O–H groups in total. The van der Waals surface area contributed by atoms with Crippen molar-refractivity contribution in [3.8, 4) is 0 Å². The van der Waals surface area contributed by atoms with Gasteiger partial charge in [-0.3, -0.25) is 9.69 Å². The molecule has 0 saturated carbocycles. The van der Waals surface area contributed by atoms with Gasteiger partial charge in [-0.2, -0.15) is 0 Å². The van der Waals surface area contributed by atoms with Gasteiger partial charge >= 0.3 is 0 Å². The lowest BCUT2D eigenvalue weighted by Gasteiger charge is -2.26. The molecule has 0 amide bonds. The molecule has 0 unspecified atom stereocenters. The maximum absolute atomic E-state index is 13.0. The van der Waals surface area contributed by atoms with E-state index < -0.39 is 0 Å². The summed E-state index contributed by atoms with van der Waals surface area (Å²) in [4.78, 5) is 16.8. The van der Waals surface area contributed by atoms with Crippen molar-refractivity contribution in [2.45, 2.75) is 6.42 Å². The predicted octanol–water partition coefficient (Wildman–Crippen LogP) is 2.18. The molecule has 1 aromatic rings. The number of ketones is 1. The number of rotatable bonds is 6. The Morgan fingerprint density at radius 1 is 1.27 bits per heavy atom. The van der Waals surface area contributed by atoms with Crippen LogP contribution in [0.3, 0.4) is 0 Å². The van der Waals surface area contributed by atoms with Crippen LogP contribution in [0, 0.1) is 5.82 Å². The summed E-state index contributed by atoms with van der Waals surface area (Å²) in [5.41, 5.74) is 1.26. The van der Waals surface area contributed by atoms with Gasteiger partial charge < -0.3 is 9.64 Å². The van der Waals surface area contributed by atoms with Gasteiger partial charge in [0, 0.05) is 51.1 Å². The van der Waals surface area contributed by atoms with Crippen LogP contribution < -0.4 is 0 Å². The summed E-state index contributed by atoms with van der Waals surface area (Å²) in [5, 5.41) is 0. The van der Waals surface area contributed by atoms with Crippen LogP contribution >= 0.6 is 0 Å². The lowest BCUT2D eigenvalue weighted by atomic mass is 10.0. The van der Waals surface area contributed by atoms with Crippen LogP contribution in [0.25, 0.3) is 0 Å². The van der Waals surface area contributed by atoms with E-state index >= 15 is 0 Å². The minimum absolute atomic E-state index is 0.0399. The highest BCUT2D eigenvalue weighted by Gasteiger charge is 2.16. The summed E-state index contributed by atoms with van der Waals surface area (Å²) in [6.45, 7) is 4.13. The summed E-state index contributed by atoms with van der Waals surface area (Å²) in [5.74, 6) is -0.370. The van der Waals surface area contributed by atoms with Gasteiger partial charge in [0.25, 0.3) is 0 Å². The molecule has 0 spiro atoms. The van der Waals surface area contributed by atoms with Gasteiger partial charge in [0.2, 0.25) is 0 Å². The third-order valence-electron chi connectivity index (χ3n) is 3.61. The molecular weight excluding hydrogens is 283 g/mol. The Hall–Kier alpha value is -1.72. The molecule has 1 heterocycles. The van der Waals surface area contributed by atoms with Gasteiger partial charge in [-0.15, -0.1) is 0 Å². The first-order valence-electron chi connectivity index (χ1n) is 7.54. The van der Waals surface area contributed by atoms with E-state index in [9.17, 15) is 9.18 Å². The largest absolute Gasteiger partial charge is 0.383 e. The number of nitrogens with zero attached hydrogens (tertiary/aromatic N) is 2.